The summed E-state index contributed by atoms with van der Waals surface area (Å²) in [4.78, 5) is 4.79. The van der Waals surface area contributed by atoms with Gasteiger partial charge in [0, 0.05) is 23.1 Å². The van der Waals surface area contributed by atoms with Crippen LogP contribution in [-0.2, 0) is 6.42 Å². The first kappa shape index (κ1) is 9.64. The van der Waals surface area contributed by atoms with Crippen LogP contribution >= 0.6 is 22.9 Å². The standard InChI is InChI=1S/C8H8ClN3OS/c9-8-7(14-4-10-8)1-6(13)5-2-11-12-3-5/h2-4,6,13H,1H2,(H,11,12). The number of hydrogen-bond acceptors (Lipinski definition) is 4. The van der Waals surface area contributed by atoms with Crippen molar-refractivity contribution in [2.24, 2.45) is 0 Å². The molecule has 0 bridgehead atoms. The van der Waals surface area contributed by atoms with E-state index in [-0.39, 0.29) is 0 Å². The molecule has 2 heterocycles. The summed E-state index contributed by atoms with van der Waals surface area (Å²) in [6.07, 6.45) is 3.16. The molecule has 2 aromatic rings. The molecule has 0 aliphatic rings. The molecule has 0 amide bonds. The molecule has 74 valence electrons. The van der Waals surface area contributed by atoms with Gasteiger partial charge in [-0.15, -0.1) is 11.3 Å². The molecule has 14 heavy (non-hydrogen) atoms. The predicted octanol–water partition coefficient (Wildman–Crippen LogP) is 1.80. The lowest BCUT2D eigenvalue weighted by molar-refractivity contribution is 0.179. The Morgan fingerprint density at radius 3 is 3.07 bits per heavy atom. The molecule has 1 unspecified atom stereocenters. The molecule has 1 atom stereocenters. The number of thiazole rings is 1. The monoisotopic (exact) mass is 229 g/mol. The highest BCUT2D eigenvalue weighted by Gasteiger charge is 2.13. The van der Waals surface area contributed by atoms with E-state index in [0.717, 1.165) is 10.4 Å². The second-order valence-electron chi connectivity index (χ2n) is 2.82. The Kier molecular flexibility index (Phi) is 2.81. The lowest BCUT2D eigenvalue weighted by atomic mass is 10.1. The zero-order chi connectivity index (χ0) is 9.97. The van der Waals surface area contributed by atoms with Crippen LogP contribution in [0.1, 0.15) is 16.5 Å². The number of nitrogens with zero attached hydrogens (tertiary/aromatic N) is 2. The zero-order valence-electron chi connectivity index (χ0n) is 7.14. The van der Waals surface area contributed by atoms with Crippen molar-refractivity contribution in [3.63, 3.8) is 0 Å². The van der Waals surface area contributed by atoms with Crippen LogP contribution in [0.15, 0.2) is 17.9 Å². The molecular weight excluding hydrogens is 222 g/mol. The average Bonchev–Trinajstić information content (AvgIpc) is 2.77. The van der Waals surface area contributed by atoms with Gasteiger partial charge in [-0.25, -0.2) is 4.98 Å². The first-order valence-corrected chi connectivity index (χ1v) is 5.27. The Morgan fingerprint density at radius 1 is 1.64 bits per heavy atom. The van der Waals surface area contributed by atoms with Crippen LogP contribution in [-0.4, -0.2) is 20.3 Å². The van der Waals surface area contributed by atoms with Crippen LogP contribution in [0, 0.1) is 0 Å². The van der Waals surface area contributed by atoms with Gasteiger partial charge in [-0.3, -0.25) is 5.10 Å². The van der Waals surface area contributed by atoms with E-state index in [0.29, 0.717) is 11.6 Å². The van der Waals surface area contributed by atoms with E-state index in [2.05, 4.69) is 15.2 Å². The Labute approximate surface area is 89.6 Å². The van der Waals surface area contributed by atoms with Crippen molar-refractivity contribution in [1.82, 2.24) is 15.2 Å². The topological polar surface area (TPSA) is 61.8 Å². The van der Waals surface area contributed by atoms with Crippen LogP contribution in [0.25, 0.3) is 0 Å². The third-order valence-electron chi connectivity index (χ3n) is 1.87. The molecule has 0 fully saturated rings. The highest BCUT2D eigenvalue weighted by Crippen LogP contribution is 2.25. The normalized spacial score (nSPS) is 13.0. The second kappa shape index (κ2) is 4.08. The van der Waals surface area contributed by atoms with Crippen molar-refractivity contribution in [2.45, 2.75) is 12.5 Å². The molecule has 0 aromatic carbocycles. The minimum atomic E-state index is -0.577. The van der Waals surface area contributed by atoms with E-state index in [4.69, 9.17) is 11.6 Å². The van der Waals surface area contributed by atoms with Gasteiger partial charge in [0.25, 0.3) is 0 Å². The lowest BCUT2D eigenvalue weighted by Crippen LogP contribution is -1.99. The molecule has 4 nitrogen and oxygen atoms in total. The largest absolute Gasteiger partial charge is 0.388 e. The summed E-state index contributed by atoms with van der Waals surface area (Å²) in [7, 11) is 0. The summed E-state index contributed by atoms with van der Waals surface area (Å²) in [5, 5.41) is 16.7. The number of nitrogens with one attached hydrogen (secondary N) is 1. The Balaban J connectivity index is 2.09. The van der Waals surface area contributed by atoms with E-state index in [1.54, 1.807) is 17.9 Å². The zero-order valence-corrected chi connectivity index (χ0v) is 8.72. The molecule has 2 N–H and O–H groups in total. The quantitative estimate of drug-likeness (QED) is 0.844. The SMILES string of the molecule is OC(Cc1scnc1Cl)c1cn[nH]c1. The number of aromatic amines is 1. The molecule has 0 aliphatic heterocycles. The van der Waals surface area contributed by atoms with Crippen LogP contribution in [0.3, 0.4) is 0 Å². The molecular formula is C8H8ClN3OS. The second-order valence-corrected chi connectivity index (χ2v) is 4.12. The maximum Gasteiger partial charge on any atom is 0.143 e. The van der Waals surface area contributed by atoms with Crippen LogP contribution in [0.5, 0.6) is 0 Å². The summed E-state index contributed by atoms with van der Waals surface area (Å²) >= 11 is 7.25. The first-order valence-electron chi connectivity index (χ1n) is 4.02. The smallest absolute Gasteiger partial charge is 0.143 e. The predicted molar refractivity (Wildman–Crippen MR) is 54.4 cm³/mol. The summed E-state index contributed by atoms with van der Waals surface area (Å²) in [6.45, 7) is 0. The van der Waals surface area contributed by atoms with Crippen molar-refractivity contribution in [3.05, 3.63) is 33.5 Å². The van der Waals surface area contributed by atoms with Gasteiger partial charge >= 0.3 is 0 Å². The highest BCUT2D eigenvalue weighted by atomic mass is 35.5. The van der Waals surface area contributed by atoms with Gasteiger partial charge in [-0.2, -0.15) is 5.10 Å². The molecule has 0 spiro atoms. The maximum absolute atomic E-state index is 9.77. The number of halogens is 1. The summed E-state index contributed by atoms with van der Waals surface area (Å²) in [5.74, 6) is 0. The van der Waals surface area contributed by atoms with Gasteiger partial charge in [0.15, 0.2) is 0 Å². The third kappa shape index (κ3) is 1.95. The molecule has 6 heteroatoms. The Bertz CT molecular complexity index is 400. The van der Waals surface area contributed by atoms with Gasteiger partial charge in [-0.1, -0.05) is 11.6 Å². The summed E-state index contributed by atoms with van der Waals surface area (Å²) in [6, 6.07) is 0. The van der Waals surface area contributed by atoms with E-state index in [1.165, 1.54) is 11.3 Å². The number of rotatable bonds is 3. The van der Waals surface area contributed by atoms with Gasteiger partial charge in [0.1, 0.15) is 5.15 Å². The van der Waals surface area contributed by atoms with E-state index in [9.17, 15) is 5.11 Å². The minimum Gasteiger partial charge on any atom is -0.388 e. The Hall–Kier alpha value is -0.910. The lowest BCUT2D eigenvalue weighted by Gasteiger charge is -2.05. The van der Waals surface area contributed by atoms with E-state index < -0.39 is 6.10 Å². The van der Waals surface area contributed by atoms with Crippen molar-refractivity contribution in [3.8, 4) is 0 Å². The van der Waals surface area contributed by atoms with E-state index >= 15 is 0 Å². The fraction of sp³-hybridized carbons (Fsp3) is 0.250. The van der Waals surface area contributed by atoms with Gasteiger partial charge in [-0.05, 0) is 0 Å². The fourth-order valence-electron chi connectivity index (χ4n) is 1.13. The number of H-pyrrole nitrogens is 1. The number of aromatic nitrogens is 3. The van der Waals surface area contributed by atoms with Gasteiger partial charge < -0.3 is 5.11 Å². The maximum atomic E-state index is 9.77. The van der Waals surface area contributed by atoms with Crippen LogP contribution < -0.4 is 0 Å². The van der Waals surface area contributed by atoms with Crippen molar-refractivity contribution >= 4 is 22.9 Å². The molecule has 2 rings (SSSR count). The van der Waals surface area contributed by atoms with Crippen LogP contribution in [0.4, 0.5) is 0 Å². The average molecular weight is 230 g/mol. The van der Waals surface area contributed by atoms with Gasteiger partial charge in [0.05, 0.1) is 17.8 Å². The van der Waals surface area contributed by atoms with E-state index in [1.807, 2.05) is 0 Å². The minimum absolute atomic E-state index is 0.470. The summed E-state index contributed by atoms with van der Waals surface area (Å²) in [5.41, 5.74) is 2.43. The third-order valence-corrected chi connectivity index (χ3v) is 3.17. The molecule has 0 saturated carbocycles. The van der Waals surface area contributed by atoms with Crippen molar-refractivity contribution in [2.75, 3.05) is 0 Å². The van der Waals surface area contributed by atoms with Crippen molar-refractivity contribution < 1.29 is 5.11 Å². The number of aliphatic hydroxyl groups excluding tert-OH is 1. The summed E-state index contributed by atoms with van der Waals surface area (Å²) < 4.78 is 0. The highest BCUT2D eigenvalue weighted by molar-refractivity contribution is 7.10. The number of hydrogen-bond donors (Lipinski definition) is 2. The van der Waals surface area contributed by atoms with Gasteiger partial charge in [0.2, 0.25) is 0 Å². The number of aliphatic hydroxyl groups is 1. The fourth-order valence-corrected chi connectivity index (χ4v) is 2.13. The Morgan fingerprint density at radius 2 is 2.50 bits per heavy atom. The first-order chi connectivity index (χ1) is 6.77. The molecule has 0 saturated heterocycles. The molecule has 0 aliphatic carbocycles. The molecule has 0 radical (unpaired) electrons. The van der Waals surface area contributed by atoms with Crippen LogP contribution in [0.2, 0.25) is 5.15 Å². The van der Waals surface area contributed by atoms with Crippen molar-refractivity contribution in [1.29, 1.82) is 0 Å². The molecule has 2 aromatic heterocycles.